The number of hydrogen-bond donors (Lipinski definition) is 1. The molecule has 0 spiro atoms. The molecule has 0 radical (unpaired) electrons. The number of halogens is 1. The third-order valence-corrected chi connectivity index (χ3v) is 3.24. The van der Waals surface area contributed by atoms with Gasteiger partial charge in [0.1, 0.15) is 0 Å². The van der Waals surface area contributed by atoms with E-state index in [2.05, 4.69) is 27.9 Å². The van der Waals surface area contributed by atoms with Crippen LogP contribution in [-0.2, 0) is 6.42 Å². The first-order valence-corrected chi connectivity index (χ1v) is 6.25. The van der Waals surface area contributed by atoms with Crippen molar-refractivity contribution < 1.29 is 0 Å². The highest BCUT2D eigenvalue weighted by molar-refractivity contribution is 6.28. The Morgan fingerprint density at radius 1 is 1.28 bits per heavy atom. The number of H-pyrrole nitrogens is 1. The van der Waals surface area contributed by atoms with Crippen LogP contribution in [0.1, 0.15) is 12.5 Å². The maximum absolute atomic E-state index is 5.91. The highest BCUT2D eigenvalue weighted by Gasteiger charge is 2.11. The van der Waals surface area contributed by atoms with Gasteiger partial charge in [-0.15, -0.1) is 0 Å². The van der Waals surface area contributed by atoms with Crippen LogP contribution in [0.5, 0.6) is 0 Å². The summed E-state index contributed by atoms with van der Waals surface area (Å²) in [5.74, 6) is 0. The van der Waals surface area contributed by atoms with Crippen LogP contribution in [0.2, 0.25) is 5.28 Å². The smallest absolute Gasteiger partial charge is 0.222 e. The molecule has 0 aliphatic carbocycles. The van der Waals surface area contributed by atoms with Gasteiger partial charge in [-0.05, 0) is 29.7 Å². The predicted molar refractivity (Wildman–Crippen MR) is 73.7 cm³/mol. The van der Waals surface area contributed by atoms with Gasteiger partial charge >= 0.3 is 0 Å². The zero-order valence-corrected chi connectivity index (χ0v) is 10.7. The Labute approximate surface area is 110 Å². The molecule has 0 bridgehead atoms. The molecule has 3 nitrogen and oxygen atoms in total. The quantitative estimate of drug-likeness (QED) is 0.709. The van der Waals surface area contributed by atoms with Crippen LogP contribution in [0.15, 0.2) is 36.7 Å². The van der Waals surface area contributed by atoms with Crippen LogP contribution in [0.3, 0.4) is 0 Å². The zero-order chi connectivity index (χ0) is 12.5. The minimum Gasteiger partial charge on any atom is -0.360 e. The number of hydrogen-bond acceptors (Lipinski definition) is 2. The number of nitrogens with zero attached hydrogens (tertiary/aromatic N) is 2. The summed E-state index contributed by atoms with van der Waals surface area (Å²) in [5.41, 5.74) is 4.19. The summed E-state index contributed by atoms with van der Waals surface area (Å²) < 4.78 is 0. The maximum atomic E-state index is 5.91. The average Bonchev–Trinajstić information content (AvgIpc) is 2.82. The molecule has 0 amide bonds. The van der Waals surface area contributed by atoms with Crippen LogP contribution < -0.4 is 0 Å². The van der Waals surface area contributed by atoms with E-state index in [1.807, 2.05) is 24.4 Å². The van der Waals surface area contributed by atoms with E-state index >= 15 is 0 Å². The molecule has 0 saturated heterocycles. The van der Waals surface area contributed by atoms with E-state index in [1.165, 1.54) is 0 Å². The van der Waals surface area contributed by atoms with Crippen molar-refractivity contribution in [1.29, 1.82) is 0 Å². The zero-order valence-electron chi connectivity index (χ0n) is 9.94. The summed E-state index contributed by atoms with van der Waals surface area (Å²) >= 11 is 5.91. The van der Waals surface area contributed by atoms with Gasteiger partial charge < -0.3 is 4.98 Å². The summed E-state index contributed by atoms with van der Waals surface area (Å²) in [6.45, 7) is 2.09. The fourth-order valence-corrected chi connectivity index (χ4v) is 2.28. The van der Waals surface area contributed by atoms with E-state index < -0.39 is 0 Å². The van der Waals surface area contributed by atoms with Crippen molar-refractivity contribution in [2.45, 2.75) is 13.3 Å². The van der Waals surface area contributed by atoms with Crippen molar-refractivity contribution >= 4 is 22.5 Å². The van der Waals surface area contributed by atoms with Crippen LogP contribution in [-0.4, -0.2) is 15.0 Å². The average molecular weight is 258 g/mol. The van der Waals surface area contributed by atoms with Gasteiger partial charge in [0.15, 0.2) is 0 Å². The molecule has 2 aromatic heterocycles. The second kappa shape index (κ2) is 4.42. The van der Waals surface area contributed by atoms with E-state index in [0.29, 0.717) is 0 Å². The number of para-hydroxylation sites is 1. The molecule has 0 saturated carbocycles. The van der Waals surface area contributed by atoms with Gasteiger partial charge in [0.05, 0.1) is 5.69 Å². The first-order chi connectivity index (χ1) is 8.79. The lowest BCUT2D eigenvalue weighted by Crippen LogP contribution is -1.94. The molecule has 0 aliphatic rings. The van der Waals surface area contributed by atoms with E-state index in [0.717, 1.165) is 34.1 Å². The Morgan fingerprint density at radius 2 is 2.11 bits per heavy atom. The predicted octanol–water partition coefficient (Wildman–Crippen LogP) is 3.84. The Balaban J connectivity index is 2.29. The van der Waals surface area contributed by atoms with Crippen LogP contribution in [0.4, 0.5) is 0 Å². The number of nitrogens with one attached hydrogen (secondary N) is 1. The molecular weight excluding hydrogens is 246 g/mol. The minimum atomic E-state index is 0.285. The van der Waals surface area contributed by atoms with Gasteiger partial charge in [0.2, 0.25) is 5.28 Å². The number of rotatable bonds is 2. The molecule has 18 heavy (non-hydrogen) atoms. The molecular formula is C14H12ClN3. The lowest BCUT2D eigenvalue weighted by molar-refractivity contribution is 1.05. The molecule has 0 unspecified atom stereocenters. The van der Waals surface area contributed by atoms with Gasteiger partial charge in [-0.1, -0.05) is 25.1 Å². The van der Waals surface area contributed by atoms with E-state index in [9.17, 15) is 0 Å². The Kier molecular flexibility index (Phi) is 2.76. The van der Waals surface area contributed by atoms with Gasteiger partial charge in [0, 0.05) is 28.9 Å². The van der Waals surface area contributed by atoms with Crippen molar-refractivity contribution in [3.63, 3.8) is 0 Å². The standard InChI is InChI=1S/C14H12ClN3/c1-2-9-7-17-14(15)18-13(9)11-8-16-12-6-4-3-5-10(11)12/h3-8,16H,2H2,1H3. The molecule has 0 aliphatic heterocycles. The Bertz CT molecular complexity index is 703. The van der Waals surface area contributed by atoms with Crippen molar-refractivity contribution in [3.05, 3.63) is 47.5 Å². The van der Waals surface area contributed by atoms with Gasteiger partial charge in [-0.3, -0.25) is 0 Å². The van der Waals surface area contributed by atoms with Gasteiger partial charge in [-0.25, -0.2) is 9.97 Å². The van der Waals surface area contributed by atoms with E-state index in [4.69, 9.17) is 11.6 Å². The molecule has 1 aromatic carbocycles. The number of fused-ring (bicyclic) bond motifs is 1. The van der Waals surface area contributed by atoms with Crippen molar-refractivity contribution in [3.8, 4) is 11.3 Å². The van der Waals surface area contributed by atoms with Crippen LogP contribution >= 0.6 is 11.6 Å². The topological polar surface area (TPSA) is 41.6 Å². The highest BCUT2D eigenvalue weighted by Crippen LogP contribution is 2.30. The molecule has 3 rings (SSSR count). The second-order valence-electron chi connectivity index (χ2n) is 4.11. The summed E-state index contributed by atoms with van der Waals surface area (Å²) in [4.78, 5) is 11.7. The summed E-state index contributed by atoms with van der Waals surface area (Å²) in [6, 6.07) is 8.16. The third kappa shape index (κ3) is 1.77. The number of benzene rings is 1. The highest BCUT2D eigenvalue weighted by atomic mass is 35.5. The van der Waals surface area contributed by atoms with Crippen molar-refractivity contribution in [2.75, 3.05) is 0 Å². The summed E-state index contributed by atoms with van der Waals surface area (Å²) in [7, 11) is 0. The molecule has 90 valence electrons. The Hall–Kier alpha value is -1.87. The second-order valence-corrected chi connectivity index (χ2v) is 4.45. The summed E-state index contributed by atoms with van der Waals surface area (Å²) in [5, 5.41) is 1.44. The van der Waals surface area contributed by atoms with Crippen molar-refractivity contribution in [1.82, 2.24) is 15.0 Å². The van der Waals surface area contributed by atoms with E-state index in [-0.39, 0.29) is 5.28 Å². The normalized spacial score (nSPS) is 11.0. The third-order valence-electron chi connectivity index (χ3n) is 3.06. The number of aryl methyl sites for hydroxylation is 1. The fourth-order valence-electron chi connectivity index (χ4n) is 2.14. The summed E-state index contributed by atoms with van der Waals surface area (Å²) in [6.07, 6.45) is 4.65. The Morgan fingerprint density at radius 3 is 2.94 bits per heavy atom. The largest absolute Gasteiger partial charge is 0.360 e. The lowest BCUT2D eigenvalue weighted by Gasteiger charge is -2.05. The van der Waals surface area contributed by atoms with Crippen LogP contribution in [0, 0.1) is 0 Å². The van der Waals surface area contributed by atoms with Crippen molar-refractivity contribution in [2.24, 2.45) is 0 Å². The van der Waals surface area contributed by atoms with E-state index in [1.54, 1.807) is 6.20 Å². The minimum absolute atomic E-state index is 0.285. The SMILES string of the molecule is CCc1cnc(Cl)nc1-c1c[nH]c2ccccc12. The first-order valence-electron chi connectivity index (χ1n) is 5.87. The monoisotopic (exact) mass is 257 g/mol. The molecule has 2 heterocycles. The fraction of sp³-hybridized carbons (Fsp3) is 0.143. The lowest BCUT2D eigenvalue weighted by atomic mass is 10.0. The molecule has 0 fully saturated rings. The first kappa shape index (κ1) is 11.2. The molecule has 4 heteroatoms. The maximum Gasteiger partial charge on any atom is 0.222 e. The van der Waals surface area contributed by atoms with Gasteiger partial charge in [0.25, 0.3) is 0 Å². The molecule has 1 N–H and O–H groups in total. The molecule has 0 atom stereocenters. The molecule has 3 aromatic rings. The van der Waals surface area contributed by atoms with Gasteiger partial charge in [-0.2, -0.15) is 0 Å². The van der Waals surface area contributed by atoms with Crippen LogP contribution in [0.25, 0.3) is 22.2 Å². The number of aromatic nitrogens is 3. The number of aromatic amines is 1.